The molecule has 0 radical (unpaired) electrons. The third-order valence-electron chi connectivity index (χ3n) is 5.42. The van der Waals surface area contributed by atoms with E-state index in [9.17, 15) is 4.79 Å². The number of ether oxygens (including phenoxy) is 2. The molecule has 2 aliphatic rings. The largest absolute Gasteiger partial charge is 0.467 e. The lowest BCUT2D eigenvalue weighted by molar-refractivity contribution is -0.0855. The van der Waals surface area contributed by atoms with Gasteiger partial charge in [-0.05, 0) is 28.7 Å². The van der Waals surface area contributed by atoms with Gasteiger partial charge in [0.05, 0.1) is 13.5 Å². The molecule has 0 aromatic heterocycles. The van der Waals surface area contributed by atoms with Crippen molar-refractivity contribution in [2.75, 3.05) is 7.11 Å². The SMILES string of the molecule is COC(=O)N1C=CC2OC(Cc3ccccc3)=NOC2[C@@H]1c1cccc(C(C)C)c1. The van der Waals surface area contributed by atoms with Gasteiger partial charge >= 0.3 is 6.09 Å². The summed E-state index contributed by atoms with van der Waals surface area (Å²) in [4.78, 5) is 19.9. The zero-order valence-electron chi connectivity index (χ0n) is 17.4. The van der Waals surface area contributed by atoms with Crippen LogP contribution in [0.1, 0.15) is 42.5 Å². The third-order valence-corrected chi connectivity index (χ3v) is 5.42. The molecule has 0 N–H and O–H groups in total. The maximum Gasteiger partial charge on any atom is 0.414 e. The molecule has 0 spiro atoms. The lowest BCUT2D eigenvalue weighted by Crippen LogP contribution is -2.49. The van der Waals surface area contributed by atoms with E-state index >= 15 is 0 Å². The van der Waals surface area contributed by atoms with E-state index in [0.29, 0.717) is 18.2 Å². The predicted molar refractivity (Wildman–Crippen MR) is 114 cm³/mol. The molecule has 30 heavy (non-hydrogen) atoms. The summed E-state index contributed by atoms with van der Waals surface area (Å²) in [6.07, 6.45) is 2.81. The number of fused-ring (bicyclic) bond motifs is 1. The van der Waals surface area contributed by atoms with E-state index in [2.05, 4.69) is 31.1 Å². The first kappa shape index (κ1) is 20.0. The minimum absolute atomic E-state index is 0.352. The first-order valence-electron chi connectivity index (χ1n) is 10.1. The Hall–Kier alpha value is -3.28. The first-order chi connectivity index (χ1) is 14.6. The molecule has 0 fully saturated rings. The molecule has 2 unspecified atom stereocenters. The molecule has 6 heteroatoms. The zero-order valence-corrected chi connectivity index (χ0v) is 17.4. The van der Waals surface area contributed by atoms with Crippen molar-refractivity contribution in [1.82, 2.24) is 4.90 Å². The van der Waals surface area contributed by atoms with Crippen LogP contribution < -0.4 is 0 Å². The highest BCUT2D eigenvalue weighted by atomic mass is 16.7. The van der Waals surface area contributed by atoms with Gasteiger partial charge in [0.2, 0.25) is 5.90 Å². The van der Waals surface area contributed by atoms with Crippen LogP contribution in [0.3, 0.4) is 0 Å². The van der Waals surface area contributed by atoms with Crippen molar-refractivity contribution in [3.8, 4) is 0 Å². The van der Waals surface area contributed by atoms with Crippen LogP contribution in [0, 0.1) is 0 Å². The van der Waals surface area contributed by atoms with Crippen molar-refractivity contribution < 1.29 is 19.1 Å². The molecule has 0 saturated heterocycles. The number of oxime groups is 1. The van der Waals surface area contributed by atoms with Crippen molar-refractivity contribution in [2.24, 2.45) is 5.16 Å². The average Bonchev–Trinajstić information content (AvgIpc) is 2.78. The van der Waals surface area contributed by atoms with E-state index in [1.165, 1.54) is 12.7 Å². The smallest absolute Gasteiger partial charge is 0.414 e. The Morgan fingerprint density at radius 2 is 1.97 bits per heavy atom. The minimum Gasteiger partial charge on any atom is -0.467 e. The number of hydrogen-bond acceptors (Lipinski definition) is 5. The standard InChI is InChI=1S/C24H26N2O4/c1-16(2)18-10-7-11-19(15-18)22-23-20(12-13-26(22)24(27)28-3)29-21(25-30-23)14-17-8-5-4-6-9-17/h4-13,15-16,20,22-23H,14H2,1-3H3/t20?,22-,23?/m0/s1. The molecule has 6 nitrogen and oxygen atoms in total. The lowest BCUT2D eigenvalue weighted by Gasteiger charge is -2.41. The third kappa shape index (κ3) is 4.03. The summed E-state index contributed by atoms with van der Waals surface area (Å²) in [5.74, 6) is 0.888. The summed E-state index contributed by atoms with van der Waals surface area (Å²) < 4.78 is 11.1. The molecule has 156 valence electrons. The molecule has 2 aliphatic heterocycles. The second-order valence-corrected chi connectivity index (χ2v) is 7.79. The van der Waals surface area contributed by atoms with Crippen LogP contribution >= 0.6 is 0 Å². The van der Waals surface area contributed by atoms with E-state index in [1.807, 2.05) is 48.5 Å². The second-order valence-electron chi connectivity index (χ2n) is 7.79. The number of nitrogens with zero attached hydrogens (tertiary/aromatic N) is 2. The Bertz CT molecular complexity index is 955. The molecule has 2 heterocycles. The van der Waals surface area contributed by atoms with E-state index in [0.717, 1.165) is 11.1 Å². The highest BCUT2D eigenvalue weighted by Crippen LogP contribution is 2.37. The van der Waals surface area contributed by atoms with Gasteiger partial charge in [-0.1, -0.05) is 73.6 Å². The van der Waals surface area contributed by atoms with Crippen molar-refractivity contribution in [3.63, 3.8) is 0 Å². The zero-order chi connectivity index (χ0) is 21.1. The maximum atomic E-state index is 12.5. The molecular formula is C24H26N2O4. The Morgan fingerprint density at radius 3 is 2.70 bits per heavy atom. The number of methoxy groups -OCH3 is 1. The van der Waals surface area contributed by atoms with Crippen LogP contribution in [0.15, 0.2) is 72.0 Å². The van der Waals surface area contributed by atoms with Gasteiger partial charge in [0.1, 0.15) is 6.04 Å². The van der Waals surface area contributed by atoms with Crippen LogP contribution in [0.25, 0.3) is 0 Å². The monoisotopic (exact) mass is 406 g/mol. The van der Waals surface area contributed by atoms with Crippen LogP contribution in [0.4, 0.5) is 4.79 Å². The summed E-state index contributed by atoms with van der Waals surface area (Å²) in [6, 6.07) is 17.8. The van der Waals surface area contributed by atoms with Gasteiger partial charge in [-0.15, -0.1) is 0 Å². The molecule has 2 aromatic carbocycles. The summed E-state index contributed by atoms with van der Waals surface area (Å²) in [7, 11) is 1.37. The molecule has 0 bridgehead atoms. The van der Waals surface area contributed by atoms with Gasteiger partial charge in [0, 0.05) is 6.20 Å². The van der Waals surface area contributed by atoms with Crippen molar-refractivity contribution >= 4 is 12.0 Å². The van der Waals surface area contributed by atoms with Gasteiger partial charge in [0.15, 0.2) is 12.2 Å². The molecule has 0 saturated carbocycles. The van der Waals surface area contributed by atoms with Crippen molar-refractivity contribution in [3.05, 3.63) is 83.6 Å². The fourth-order valence-electron chi connectivity index (χ4n) is 3.82. The van der Waals surface area contributed by atoms with Crippen LogP contribution in [-0.2, 0) is 20.7 Å². The summed E-state index contributed by atoms with van der Waals surface area (Å²) in [6.45, 7) is 4.28. The molecule has 4 rings (SSSR count). The Kier molecular flexibility index (Phi) is 5.74. The first-order valence-corrected chi connectivity index (χ1v) is 10.1. The highest BCUT2D eigenvalue weighted by Gasteiger charge is 2.44. The lowest BCUT2D eigenvalue weighted by atomic mass is 9.90. The number of benzene rings is 2. The number of carbonyl (C=O) groups excluding carboxylic acids is 1. The second kappa shape index (κ2) is 8.61. The number of hydrogen-bond donors (Lipinski definition) is 0. The summed E-state index contributed by atoms with van der Waals surface area (Å²) >= 11 is 0. The van der Waals surface area contributed by atoms with Crippen molar-refractivity contribution in [1.29, 1.82) is 0 Å². The van der Waals surface area contributed by atoms with Gasteiger partial charge in [-0.25, -0.2) is 4.79 Å². The Morgan fingerprint density at radius 1 is 1.17 bits per heavy atom. The molecule has 0 aliphatic carbocycles. The molecule has 2 aromatic rings. The molecule has 1 amide bonds. The van der Waals surface area contributed by atoms with Crippen LogP contribution in [-0.4, -0.2) is 36.2 Å². The minimum atomic E-state index is -0.476. The number of amides is 1. The highest BCUT2D eigenvalue weighted by molar-refractivity contribution is 5.79. The van der Waals surface area contributed by atoms with E-state index in [-0.39, 0.29) is 6.10 Å². The number of carbonyl (C=O) groups is 1. The maximum absolute atomic E-state index is 12.5. The Balaban J connectivity index is 1.64. The van der Waals surface area contributed by atoms with Gasteiger partial charge in [-0.2, -0.15) is 0 Å². The van der Waals surface area contributed by atoms with Crippen LogP contribution in [0.2, 0.25) is 0 Å². The average molecular weight is 406 g/mol. The topological polar surface area (TPSA) is 60.4 Å². The van der Waals surface area contributed by atoms with Gasteiger partial charge in [0.25, 0.3) is 0 Å². The van der Waals surface area contributed by atoms with Crippen molar-refractivity contribution in [2.45, 2.75) is 44.4 Å². The predicted octanol–water partition coefficient (Wildman–Crippen LogP) is 4.79. The normalized spacial score (nSPS) is 22.6. The molecule has 3 atom stereocenters. The molecular weight excluding hydrogens is 380 g/mol. The number of rotatable bonds is 4. The fraction of sp³-hybridized carbons (Fsp3) is 0.333. The van der Waals surface area contributed by atoms with E-state index < -0.39 is 18.2 Å². The van der Waals surface area contributed by atoms with E-state index in [1.54, 1.807) is 11.1 Å². The quantitative estimate of drug-likeness (QED) is 0.733. The van der Waals surface area contributed by atoms with Crippen LogP contribution in [0.5, 0.6) is 0 Å². The fourth-order valence-corrected chi connectivity index (χ4v) is 3.82. The summed E-state index contributed by atoms with van der Waals surface area (Å²) in [5.41, 5.74) is 3.24. The summed E-state index contributed by atoms with van der Waals surface area (Å²) in [5, 5.41) is 4.24. The van der Waals surface area contributed by atoms with E-state index in [4.69, 9.17) is 14.3 Å². The van der Waals surface area contributed by atoms with Gasteiger partial charge in [-0.3, -0.25) is 4.90 Å². The van der Waals surface area contributed by atoms with Gasteiger partial charge < -0.3 is 14.3 Å². The Labute approximate surface area is 176 Å².